The van der Waals surface area contributed by atoms with Crippen molar-refractivity contribution >= 4 is 35.5 Å². The van der Waals surface area contributed by atoms with Gasteiger partial charge in [-0.3, -0.25) is 29.1 Å². The highest BCUT2D eigenvalue weighted by molar-refractivity contribution is 6.06. The van der Waals surface area contributed by atoms with E-state index in [1.807, 2.05) is 20.8 Å². The molecule has 12 nitrogen and oxygen atoms in total. The number of nitrogens with zero attached hydrogens (tertiary/aromatic N) is 2. The van der Waals surface area contributed by atoms with Gasteiger partial charge in [-0.15, -0.1) is 0 Å². The summed E-state index contributed by atoms with van der Waals surface area (Å²) in [6.07, 6.45) is 1.31. The molecule has 1 saturated heterocycles. The summed E-state index contributed by atoms with van der Waals surface area (Å²) >= 11 is 0. The Morgan fingerprint density at radius 2 is 1.81 bits per heavy atom. The van der Waals surface area contributed by atoms with E-state index in [0.717, 1.165) is 11.3 Å². The number of carbonyl (C=O) groups is 5. The fraction of sp³-hybridized carbons (Fsp3) is 0.700. The predicted molar refractivity (Wildman–Crippen MR) is 118 cm³/mol. The van der Waals surface area contributed by atoms with Crippen LogP contribution in [0.1, 0.15) is 53.4 Å². The van der Waals surface area contributed by atoms with Crippen LogP contribution in [0.15, 0.2) is 4.99 Å². The zero-order valence-corrected chi connectivity index (χ0v) is 19.1. The van der Waals surface area contributed by atoms with E-state index in [-0.39, 0.29) is 24.2 Å². The van der Waals surface area contributed by atoms with Crippen molar-refractivity contribution in [2.45, 2.75) is 71.5 Å². The third-order valence-corrected chi connectivity index (χ3v) is 4.71. The Morgan fingerprint density at radius 1 is 1.16 bits per heavy atom. The SMILES string of the molecule is CC(=O)C[C@H](NC(=O)CN1C(=O)N[C@@H](CCCN=C(N)N)C1=O)C(=O)NC(C)CC(C)C. The summed E-state index contributed by atoms with van der Waals surface area (Å²) in [6, 6.07) is -2.71. The van der Waals surface area contributed by atoms with E-state index in [1.165, 1.54) is 6.92 Å². The van der Waals surface area contributed by atoms with Gasteiger partial charge in [-0.2, -0.15) is 0 Å². The summed E-state index contributed by atoms with van der Waals surface area (Å²) in [4.78, 5) is 65.8. The summed E-state index contributed by atoms with van der Waals surface area (Å²) in [7, 11) is 0. The normalized spacial score (nSPS) is 17.5. The number of Topliss-reactive ketones (excluding diaryl/α,β-unsaturated/α-hetero) is 1. The van der Waals surface area contributed by atoms with Crippen molar-refractivity contribution in [3.8, 4) is 0 Å². The first-order valence-electron chi connectivity index (χ1n) is 10.7. The Balaban J connectivity index is 2.67. The van der Waals surface area contributed by atoms with E-state index in [9.17, 15) is 24.0 Å². The number of carbonyl (C=O) groups excluding carboxylic acids is 5. The summed E-state index contributed by atoms with van der Waals surface area (Å²) in [6.45, 7) is 6.94. The van der Waals surface area contributed by atoms with Crippen LogP contribution >= 0.6 is 0 Å². The molecule has 32 heavy (non-hydrogen) atoms. The molecule has 0 aromatic rings. The maximum Gasteiger partial charge on any atom is 0.325 e. The lowest BCUT2D eigenvalue weighted by Gasteiger charge is -2.22. The molecule has 0 aromatic carbocycles. The number of rotatable bonds is 13. The van der Waals surface area contributed by atoms with Crippen LogP contribution in [0.3, 0.4) is 0 Å². The average molecular weight is 454 g/mol. The molecule has 3 atom stereocenters. The molecule has 0 saturated carbocycles. The number of amides is 5. The number of nitrogens with one attached hydrogen (secondary N) is 3. The molecule has 7 N–H and O–H groups in total. The van der Waals surface area contributed by atoms with Gasteiger partial charge in [0.1, 0.15) is 24.4 Å². The highest BCUT2D eigenvalue weighted by atomic mass is 16.2. The van der Waals surface area contributed by atoms with E-state index >= 15 is 0 Å². The van der Waals surface area contributed by atoms with Gasteiger partial charge in [0, 0.05) is 19.0 Å². The van der Waals surface area contributed by atoms with Crippen molar-refractivity contribution in [1.29, 1.82) is 0 Å². The fourth-order valence-corrected chi connectivity index (χ4v) is 3.42. The molecule has 5 amide bonds. The first-order valence-corrected chi connectivity index (χ1v) is 10.7. The molecule has 0 aromatic heterocycles. The molecule has 0 radical (unpaired) electrons. The van der Waals surface area contributed by atoms with Crippen LogP contribution in [0.5, 0.6) is 0 Å². The van der Waals surface area contributed by atoms with Crippen LogP contribution < -0.4 is 27.4 Å². The van der Waals surface area contributed by atoms with E-state index in [2.05, 4.69) is 20.9 Å². The lowest BCUT2D eigenvalue weighted by atomic mass is 10.0. The molecule has 1 fully saturated rings. The molecule has 1 heterocycles. The molecule has 0 spiro atoms. The fourth-order valence-electron chi connectivity index (χ4n) is 3.42. The van der Waals surface area contributed by atoms with Crippen molar-refractivity contribution in [2.75, 3.05) is 13.1 Å². The third-order valence-electron chi connectivity index (χ3n) is 4.71. The molecule has 1 unspecified atom stereocenters. The summed E-state index contributed by atoms with van der Waals surface area (Å²) in [5.41, 5.74) is 10.5. The number of urea groups is 1. The van der Waals surface area contributed by atoms with E-state index in [4.69, 9.17) is 11.5 Å². The quantitative estimate of drug-likeness (QED) is 0.102. The number of hydrogen-bond donors (Lipinski definition) is 5. The number of imide groups is 1. The lowest BCUT2D eigenvalue weighted by molar-refractivity contribution is -0.134. The first kappa shape index (κ1) is 26.9. The van der Waals surface area contributed by atoms with Gasteiger partial charge < -0.3 is 27.4 Å². The molecule has 1 aliphatic heterocycles. The van der Waals surface area contributed by atoms with Gasteiger partial charge in [0.05, 0.1) is 0 Å². The summed E-state index contributed by atoms with van der Waals surface area (Å²) in [5.74, 6) is -1.74. The van der Waals surface area contributed by atoms with Gasteiger partial charge in [0.25, 0.3) is 5.91 Å². The Labute approximate surface area is 187 Å². The Morgan fingerprint density at radius 3 is 2.38 bits per heavy atom. The maximum atomic E-state index is 12.6. The van der Waals surface area contributed by atoms with Gasteiger partial charge >= 0.3 is 6.03 Å². The summed E-state index contributed by atoms with van der Waals surface area (Å²) in [5, 5.41) is 7.76. The second kappa shape index (κ2) is 12.6. The topological polar surface area (TPSA) is 189 Å². The van der Waals surface area contributed by atoms with Crippen molar-refractivity contribution in [1.82, 2.24) is 20.9 Å². The highest BCUT2D eigenvalue weighted by Gasteiger charge is 2.39. The number of nitrogens with two attached hydrogens (primary N) is 2. The second-order valence-corrected chi connectivity index (χ2v) is 8.44. The molecule has 1 aliphatic rings. The lowest BCUT2D eigenvalue weighted by Crippen LogP contribution is -2.52. The van der Waals surface area contributed by atoms with Crippen LogP contribution in [0.4, 0.5) is 4.79 Å². The van der Waals surface area contributed by atoms with Crippen LogP contribution in [-0.2, 0) is 19.2 Å². The van der Waals surface area contributed by atoms with E-state index < -0.39 is 42.4 Å². The van der Waals surface area contributed by atoms with Crippen LogP contribution in [0.2, 0.25) is 0 Å². The zero-order valence-electron chi connectivity index (χ0n) is 19.1. The van der Waals surface area contributed by atoms with Crippen molar-refractivity contribution in [3.05, 3.63) is 0 Å². The van der Waals surface area contributed by atoms with Gasteiger partial charge in [-0.05, 0) is 39.0 Å². The largest absolute Gasteiger partial charge is 0.370 e. The van der Waals surface area contributed by atoms with Gasteiger partial charge in [-0.1, -0.05) is 13.8 Å². The first-order chi connectivity index (χ1) is 14.9. The minimum atomic E-state index is -1.09. The Hall–Kier alpha value is -3.18. The molecular formula is C20H35N7O5. The van der Waals surface area contributed by atoms with Crippen LogP contribution in [0, 0.1) is 5.92 Å². The van der Waals surface area contributed by atoms with Crippen LogP contribution in [0.25, 0.3) is 0 Å². The standard InChI is InChI=1S/C20H35N7O5/c1-11(2)8-12(3)24-17(30)15(9-13(4)28)25-16(29)10-27-18(31)14(26-20(27)32)6-5-7-23-19(21)22/h11-12,14-15H,5-10H2,1-4H3,(H,24,30)(H,25,29)(H,26,32)(H4,21,22,23)/t12?,14-,15-/m0/s1. The van der Waals surface area contributed by atoms with Gasteiger partial charge in [0.15, 0.2) is 5.96 Å². The van der Waals surface area contributed by atoms with Crippen LogP contribution in [-0.4, -0.2) is 71.6 Å². The van der Waals surface area contributed by atoms with Gasteiger partial charge in [-0.25, -0.2) is 4.79 Å². The Kier molecular flexibility index (Phi) is 10.6. The number of aliphatic imine (C=N–C) groups is 1. The Bertz CT molecular complexity index is 749. The molecule has 12 heteroatoms. The number of guanidine groups is 1. The summed E-state index contributed by atoms with van der Waals surface area (Å²) < 4.78 is 0. The second-order valence-electron chi connectivity index (χ2n) is 8.44. The highest BCUT2D eigenvalue weighted by Crippen LogP contribution is 2.11. The smallest absolute Gasteiger partial charge is 0.325 e. The predicted octanol–water partition coefficient (Wildman–Crippen LogP) is -1.02. The van der Waals surface area contributed by atoms with E-state index in [1.54, 1.807) is 0 Å². The maximum absolute atomic E-state index is 12.6. The van der Waals surface area contributed by atoms with Crippen molar-refractivity contribution < 1.29 is 24.0 Å². The number of hydrogen-bond acceptors (Lipinski definition) is 6. The molecule has 0 aliphatic carbocycles. The minimum absolute atomic E-state index is 0.0622. The molecule has 0 bridgehead atoms. The molecule has 180 valence electrons. The molecule has 1 rings (SSSR count). The third kappa shape index (κ3) is 9.31. The van der Waals surface area contributed by atoms with E-state index in [0.29, 0.717) is 25.3 Å². The molecular weight excluding hydrogens is 418 g/mol. The monoisotopic (exact) mass is 453 g/mol. The zero-order chi connectivity index (χ0) is 24.4. The minimum Gasteiger partial charge on any atom is -0.370 e. The average Bonchev–Trinajstić information content (AvgIpc) is 2.91. The number of ketones is 1. The van der Waals surface area contributed by atoms with Crippen molar-refractivity contribution in [3.63, 3.8) is 0 Å². The van der Waals surface area contributed by atoms with Gasteiger partial charge in [0.2, 0.25) is 11.8 Å². The van der Waals surface area contributed by atoms with Crippen molar-refractivity contribution in [2.24, 2.45) is 22.4 Å².